The highest BCUT2D eigenvalue weighted by Crippen LogP contribution is 2.41. The average molecular weight is 380 g/mol. The average Bonchev–Trinajstić information content (AvgIpc) is 2.71. The second-order valence-electron chi connectivity index (χ2n) is 8.30. The molecule has 2 unspecified atom stereocenters. The SMILES string of the molecule is CCC1(OC(=O)C(c2ccccc2)c2ccccc2)CCCCC1CN(C)C. The van der Waals surface area contributed by atoms with Crippen LogP contribution in [-0.2, 0) is 9.53 Å². The van der Waals surface area contributed by atoms with Crippen LogP contribution < -0.4 is 0 Å². The Morgan fingerprint density at radius 2 is 1.61 bits per heavy atom. The molecular formula is C25H33NO2. The van der Waals surface area contributed by atoms with E-state index >= 15 is 0 Å². The lowest BCUT2D eigenvalue weighted by atomic mass is 9.73. The van der Waals surface area contributed by atoms with Gasteiger partial charge in [0.25, 0.3) is 0 Å². The number of esters is 1. The van der Waals surface area contributed by atoms with Crippen molar-refractivity contribution in [1.82, 2.24) is 4.90 Å². The molecule has 0 saturated heterocycles. The van der Waals surface area contributed by atoms with Crippen LogP contribution >= 0.6 is 0 Å². The van der Waals surface area contributed by atoms with E-state index in [-0.39, 0.29) is 17.5 Å². The van der Waals surface area contributed by atoms with Crippen LogP contribution in [0.3, 0.4) is 0 Å². The molecule has 0 bridgehead atoms. The van der Waals surface area contributed by atoms with E-state index in [1.807, 2.05) is 60.7 Å². The van der Waals surface area contributed by atoms with Crippen LogP contribution in [0.1, 0.15) is 56.1 Å². The topological polar surface area (TPSA) is 29.5 Å². The Bertz CT molecular complexity index is 704. The van der Waals surface area contributed by atoms with Gasteiger partial charge < -0.3 is 9.64 Å². The molecule has 0 N–H and O–H groups in total. The summed E-state index contributed by atoms with van der Waals surface area (Å²) in [6.07, 6.45) is 5.31. The van der Waals surface area contributed by atoms with Gasteiger partial charge in [-0.15, -0.1) is 0 Å². The van der Waals surface area contributed by atoms with Gasteiger partial charge >= 0.3 is 5.97 Å². The molecule has 3 heteroatoms. The van der Waals surface area contributed by atoms with Crippen molar-refractivity contribution in [3.05, 3.63) is 71.8 Å². The molecule has 0 spiro atoms. The monoisotopic (exact) mass is 379 g/mol. The summed E-state index contributed by atoms with van der Waals surface area (Å²) >= 11 is 0. The lowest BCUT2D eigenvalue weighted by molar-refractivity contribution is -0.173. The van der Waals surface area contributed by atoms with Crippen LogP contribution in [0.5, 0.6) is 0 Å². The molecule has 1 aliphatic carbocycles. The molecule has 1 aliphatic rings. The highest BCUT2D eigenvalue weighted by molar-refractivity contribution is 5.82. The van der Waals surface area contributed by atoms with Crippen LogP contribution in [0.2, 0.25) is 0 Å². The smallest absolute Gasteiger partial charge is 0.318 e. The first-order valence-electron chi connectivity index (χ1n) is 10.5. The van der Waals surface area contributed by atoms with Gasteiger partial charge in [-0.05, 0) is 50.9 Å². The molecule has 150 valence electrons. The highest BCUT2D eigenvalue weighted by atomic mass is 16.6. The first-order chi connectivity index (χ1) is 13.6. The van der Waals surface area contributed by atoms with E-state index in [4.69, 9.17) is 4.74 Å². The van der Waals surface area contributed by atoms with Crippen LogP contribution in [0.4, 0.5) is 0 Å². The number of carbonyl (C=O) groups excluding carboxylic acids is 1. The van der Waals surface area contributed by atoms with Gasteiger partial charge in [0.15, 0.2) is 0 Å². The summed E-state index contributed by atoms with van der Waals surface area (Å²) in [6.45, 7) is 3.13. The Labute approximate surface area is 169 Å². The van der Waals surface area contributed by atoms with Crippen LogP contribution in [-0.4, -0.2) is 37.1 Å². The normalized spacial score (nSPS) is 22.4. The van der Waals surface area contributed by atoms with E-state index in [1.54, 1.807) is 0 Å². The Morgan fingerprint density at radius 1 is 1.04 bits per heavy atom. The lowest BCUT2D eigenvalue weighted by Gasteiger charge is -2.44. The number of benzene rings is 2. The Morgan fingerprint density at radius 3 is 2.11 bits per heavy atom. The molecule has 28 heavy (non-hydrogen) atoms. The molecular weight excluding hydrogens is 346 g/mol. The third-order valence-corrected chi connectivity index (χ3v) is 6.14. The first-order valence-corrected chi connectivity index (χ1v) is 10.5. The third kappa shape index (κ3) is 4.64. The highest BCUT2D eigenvalue weighted by Gasteiger charge is 2.44. The number of hydrogen-bond acceptors (Lipinski definition) is 3. The van der Waals surface area contributed by atoms with Crippen LogP contribution in [0, 0.1) is 5.92 Å². The third-order valence-electron chi connectivity index (χ3n) is 6.14. The van der Waals surface area contributed by atoms with Crippen molar-refractivity contribution in [2.24, 2.45) is 5.92 Å². The summed E-state index contributed by atoms with van der Waals surface area (Å²) in [5.41, 5.74) is 1.62. The van der Waals surface area contributed by atoms with Crippen molar-refractivity contribution < 1.29 is 9.53 Å². The van der Waals surface area contributed by atoms with E-state index in [0.29, 0.717) is 5.92 Å². The fourth-order valence-electron chi connectivity index (χ4n) is 4.67. The minimum atomic E-state index is -0.382. The standard InChI is InChI=1S/C25H33NO2/c1-4-25(18-12-11-17-22(25)19-26(2)3)28-24(27)23(20-13-7-5-8-14-20)21-15-9-6-10-16-21/h5-10,13-16,22-23H,4,11-12,17-19H2,1-3H3. The van der Waals surface area contributed by atoms with E-state index in [2.05, 4.69) is 25.9 Å². The number of rotatable bonds is 7. The van der Waals surface area contributed by atoms with E-state index < -0.39 is 0 Å². The zero-order valence-corrected chi connectivity index (χ0v) is 17.4. The number of ether oxygens (including phenoxy) is 1. The molecule has 0 aromatic heterocycles. The van der Waals surface area contributed by atoms with Crippen molar-refractivity contribution in [1.29, 1.82) is 0 Å². The summed E-state index contributed by atoms with van der Waals surface area (Å²) < 4.78 is 6.45. The van der Waals surface area contributed by atoms with Gasteiger partial charge in [0.05, 0.1) is 0 Å². The molecule has 0 aliphatic heterocycles. The van der Waals surface area contributed by atoms with Crippen LogP contribution in [0.15, 0.2) is 60.7 Å². The molecule has 0 radical (unpaired) electrons. The second-order valence-corrected chi connectivity index (χ2v) is 8.30. The largest absolute Gasteiger partial charge is 0.458 e. The van der Waals surface area contributed by atoms with Crippen molar-refractivity contribution in [3.8, 4) is 0 Å². The molecule has 0 amide bonds. The first kappa shape index (κ1) is 20.6. The zero-order valence-electron chi connectivity index (χ0n) is 17.4. The second kappa shape index (κ2) is 9.38. The minimum absolute atomic E-state index is 0.120. The molecule has 2 atom stereocenters. The van der Waals surface area contributed by atoms with E-state index in [0.717, 1.165) is 43.4 Å². The quantitative estimate of drug-likeness (QED) is 0.614. The van der Waals surface area contributed by atoms with Gasteiger partial charge in [-0.1, -0.05) is 74.0 Å². The van der Waals surface area contributed by atoms with Crippen LogP contribution in [0.25, 0.3) is 0 Å². The van der Waals surface area contributed by atoms with Gasteiger partial charge in [-0.25, -0.2) is 0 Å². The number of carbonyl (C=O) groups is 1. The van der Waals surface area contributed by atoms with Gasteiger partial charge in [0, 0.05) is 12.5 Å². The maximum atomic E-state index is 13.6. The fraction of sp³-hybridized carbons (Fsp3) is 0.480. The zero-order chi connectivity index (χ0) is 20.0. The van der Waals surface area contributed by atoms with Gasteiger partial charge in [0.2, 0.25) is 0 Å². The summed E-state index contributed by atoms with van der Waals surface area (Å²) in [6, 6.07) is 20.0. The molecule has 2 aromatic rings. The molecule has 0 heterocycles. The molecule has 3 nitrogen and oxygen atoms in total. The van der Waals surface area contributed by atoms with Gasteiger partial charge in [-0.3, -0.25) is 4.79 Å². The molecule has 2 aromatic carbocycles. The van der Waals surface area contributed by atoms with Crippen molar-refractivity contribution >= 4 is 5.97 Å². The summed E-state index contributed by atoms with van der Waals surface area (Å²) in [5, 5.41) is 0. The van der Waals surface area contributed by atoms with Gasteiger partial charge in [0.1, 0.15) is 11.5 Å². The van der Waals surface area contributed by atoms with Crippen molar-refractivity contribution in [3.63, 3.8) is 0 Å². The minimum Gasteiger partial charge on any atom is -0.458 e. The predicted molar refractivity (Wildman–Crippen MR) is 114 cm³/mol. The summed E-state index contributed by atoms with van der Waals surface area (Å²) in [7, 11) is 4.21. The molecule has 1 fully saturated rings. The van der Waals surface area contributed by atoms with Gasteiger partial charge in [-0.2, -0.15) is 0 Å². The van der Waals surface area contributed by atoms with Crippen molar-refractivity contribution in [2.45, 2.75) is 50.5 Å². The summed E-state index contributed by atoms with van der Waals surface area (Å²) in [5.74, 6) is -0.116. The lowest BCUT2D eigenvalue weighted by Crippen LogP contribution is -2.49. The van der Waals surface area contributed by atoms with E-state index in [1.165, 1.54) is 6.42 Å². The number of nitrogens with zero attached hydrogens (tertiary/aromatic N) is 1. The number of hydrogen-bond donors (Lipinski definition) is 0. The Hall–Kier alpha value is -2.13. The van der Waals surface area contributed by atoms with Crippen molar-refractivity contribution in [2.75, 3.05) is 20.6 Å². The molecule has 1 saturated carbocycles. The Balaban J connectivity index is 1.92. The maximum absolute atomic E-state index is 13.6. The summed E-state index contributed by atoms with van der Waals surface area (Å²) in [4.78, 5) is 15.8. The molecule has 3 rings (SSSR count). The maximum Gasteiger partial charge on any atom is 0.318 e. The van der Waals surface area contributed by atoms with E-state index in [9.17, 15) is 4.79 Å². The Kier molecular flexibility index (Phi) is 6.90. The predicted octanol–water partition coefficient (Wildman–Crippen LogP) is 5.26. The fourth-order valence-corrected chi connectivity index (χ4v) is 4.67.